The maximum Gasteiger partial charge on any atom is 0.341 e. The van der Waals surface area contributed by atoms with Crippen LogP contribution in [0.25, 0.3) is 11.5 Å². The van der Waals surface area contributed by atoms with Crippen LogP contribution in [0.3, 0.4) is 0 Å². The highest BCUT2D eigenvalue weighted by Gasteiger charge is 2.22. The Bertz CT molecular complexity index is 927. The number of methoxy groups -OCH3 is 1. The van der Waals surface area contributed by atoms with E-state index in [2.05, 4.69) is 10.2 Å². The molecule has 0 saturated carbocycles. The summed E-state index contributed by atoms with van der Waals surface area (Å²) < 4.78 is 29.6. The Morgan fingerprint density at radius 1 is 1.19 bits per heavy atom. The van der Waals surface area contributed by atoms with Crippen LogP contribution in [0.2, 0.25) is 5.02 Å². The highest BCUT2D eigenvalue weighted by molar-refractivity contribution is 6.30. The van der Waals surface area contributed by atoms with E-state index in [1.807, 2.05) is 0 Å². The largest absolute Gasteiger partial charge is 0.497 e. The van der Waals surface area contributed by atoms with E-state index in [9.17, 15) is 9.18 Å². The predicted octanol–water partition coefficient (Wildman–Crippen LogP) is 4.46. The second-order valence-electron chi connectivity index (χ2n) is 5.35. The summed E-state index contributed by atoms with van der Waals surface area (Å²) in [5.41, 5.74) is 0.420. The van der Waals surface area contributed by atoms with Crippen LogP contribution in [-0.2, 0) is 4.74 Å². The van der Waals surface area contributed by atoms with Crippen molar-refractivity contribution in [1.29, 1.82) is 0 Å². The lowest BCUT2D eigenvalue weighted by Gasteiger charge is -2.10. The van der Waals surface area contributed by atoms with Gasteiger partial charge in [-0.25, -0.2) is 9.18 Å². The smallest absolute Gasteiger partial charge is 0.341 e. The molecule has 0 unspecified atom stereocenters. The number of carbonyl (C=O) groups is 1. The van der Waals surface area contributed by atoms with Gasteiger partial charge >= 0.3 is 5.97 Å². The maximum atomic E-state index is 13.7. The molecule has 3 rings (SSSR count). The number of hydrogen-bond donors (Lipinski definition) is 0. The lowest BCUT2D eigenvalue weighted by Crippen LogP contribution is -2.11. The first-order valence-electron chi connectivity index (χ1n) is 7.62. The van der Waals surface area contributed by atoms with Gasteiger partial charge in [0.1, 0.15) is 11.6 Å². The first-order valence-corrected chi connectivity index (χ1v) is 7.99. The van der Waals surface area contributed by atoms with E-state index in [-0.39, 0.29) is 22.4 Å². The van der Waals surface area contributed by atoms with Crippen molar-refractivity contribution in [3.63, 3.8) is 0 Å². The van der Waals surface area contributed by atoms with E-state index in [1.54, 1.807) is 38.3 Å². The standard InChI is InChI=1S/C18H14ClFN2O4/c1-10(25-18(23)14-9-12(19)5-8-15(14)20)16-21-22-17(26-16)11-3-6-13(24-2)7-4-11/h3-10H,1-2H3/t10-/m0/s1. The van der Waals surface area contributed by atoms with Crippen LogP contribution in [0.15, 0.2) is 46.9 Å². The quantitative estimate of drug-likeness (QED) is 0.612. The molecule has 134 valence electrons. The molecule has 26 heavy (non-hydrogen) atoms. The van der Waals surface area contributed by atoms with Gasteiger partial charge in [0.2, 0.25) is 5.89 Å². The Kier molecular flexibility index (Phi) is 5.18. The minimum Gasteiger partial charge on any atom is -0.497 e. The summed E-state index contributed by atoms with van der Waals surface area (Å²) in [6.45, 7) is 1.55. The third-order valence-corrected chi connectivity index (χ3v) is 3.79. The topological polar surface area (TPSA) is 74.5 Å². The van der Waals surface area contributed by atoms with Crippen molar-refractivity contribution in [2.45, 2.75) is 13.0 Å². The van der Waals surface area contributed by atoms with Gasteiger partial charge in [-0.3, -0.25) is 0 Å². The van der Waals surface area contributed by atoms with E-state index < -0.39 is 17.9 Å². The monoisotopic (exact) mass is 376 g/mol. The number of halogens is 2. The summed E-state index contributed by atoms with van der Waals surface area (Å²) >= 11 is 5.78. The van der Waals surface area contributed by atoms with Crippen LogP contribution in [0, 0.1) is 5.82 Å². The van der Waals surface area contributed by atoms with Crippen LogP contribution in [-0.4, -0.2) is 23.3 Å². The SMILES string of the molecule is COc1ccc(-c2nnc([C@H](C)OC(=O)c3cc(Cl)ccc3F)o2)cc1. The molecule has 8 heteroatoms. The van der Waals surface area contributed by atoms with Gasteiger partial charge in [-0.1, -0.05) is 11.6 Å². The second kappa shape index (κ2) is 7.53. The molecule has 0 aliphatic carbocycles. The first-order chi connectivity index (χ1) is 12.5. The van der Waals surface area contributed by atoms with Crippen LogP contribution in [0.1, 0.15) is 29.3 Å². The second-order valence-corrected chi connectivity index (χ2v) is 5.78. The fraction of sp³-hybridized carbons (Fsp3) is 0.167. The molecule has 0 aliphatic rings. The highest BCUT2D eigenvalue weighted by Crippen LogP contribution is 2.25. The molecule has 3 aromatic rings. The number of rotatable bonds is 5. The van der Waals surface area contributed by atoms with Crippen molar-refractivity contribution in [2.75, 3.05) is 7.11 Å². The Balaban J connectivity index is 1.74. The number of carbonyl (C=O) groups excluding carboxylic acids is 1. The number of esters is 1. The van der Waals surface area contributed by atoms with Crippen LogP contribution < -0.4 is 4.74 Å². The van der Waals surface area contributed by atoms with Gasteiger partial charge < -0.3 is 13.9 Å². The van der Waals surface area contributed by atoms with E-state index in [4.69, 9.17) is 25.5 Å². The van der Waals surface area contributed by atoms with Gasteiger partial charge in [0.25, 0.3) is 5.89 Å². The van der Waals surface area contributed by atoms with Crippen LogP contribution in [0.4, 0.5) is 4.39 Å². The zero-order valence-electron chi connectivity index (χ0n) is 13.9. The molecule has 0 fully saturated rings. The molecular formula is C18H14ClFN2O4. The molecule has 0 radical (unpaired) electrons. The summed E-state index contributed by atoms with van der Waals surface area (Å²) in [6, 6.07) is 10.7. The van der Waals surface area contributed by atoms with Crippen molar-refractivity contribution in [2.24, 2.45) is 0 Å². The van der Waals surface area contributed by atoms with Crippen molar-refractivity contribution in [3.05, 3.63) is 64.8 Å². The fourth-order valence-electron chi connectivity index (χ4n) is 2.18. The van der Waals surface area contributed by atoms with Crippen molar-refractivity contribution < 1.29 is 23.1 Å². The molecule has 0 bridgehead atoms. The molecule has 0 saturated heterocycles. The summed E-state index contributed by atoms with van der Waals surface area (Å²) in [5, 5.41) is 8.03. The van der Waals surface area contributed by atoms with E-state index in [0.717, 1.165) is 6.07 Å². The lowest BCUT2D eigenvalue weighted by atomic mass is 10.2. The fourth-order valence-corrected chi connectivity index (χ4v) is 2.35. The number of hydrogen-bond acceptors (Lipinski definition) is 6. The Labute approximate surface area is 153 Å². The molecule has 0 spiro atoms. The van der Waals surface area contributed by atoms with Gasteiger partial charge in [-0.05, 0) is 49.4 Å². The van der Waals surface area contributed by atoms with Gasteiger partial charge in [0.05, 0.1) is 12.7 Å². The van der Waals surface area contributed by atoms with E-state index in [0.29, 0.717) is 11.3 Å². The zero-order valence-corrected chi connectivity index (χ0v) is 14.7. The predicted molar refractivity (Wildman–Crippen MR) is 91.5 cm³/mol. The normalized spacial score (nSPS) is 11.8. The summed E-state index contributed by atoms with van der Waals surface area (Å²) in [6.07, 6.45) is -0.861. The Hall–Kier alpha value is -2.93. The van der Waals surface area contributed by atoms with E-state index >= 15 is 0 Å². The minimum atomic E-state index is -0.873. The average molecular weight is 377 g/mol. The third kappa shape index (κ3) is 3.83. The summed E-state index contributed by atoms with van der Waals surface area (Å²) in [5.74, 6) is -0.553. The Morgan fingerprint density at radius 2 is 1.92 bits per heavy atom. The van der Waals surface area contributed by atoms with Crippen LogP contribution in [0.5, 0.6) is 5.75 Å². The molecule has 2 aromatic carbocycles. The van der Waals surface area contributed by atoms with Crippen molar-refractivity contribution in [1.82, 2.24) is 10.2 Å². The maximum absolute atomic E-state index is 13.7. The van der Waals surface area contributed by atoms with Gasteiger partial charge in [-0.15, -0.1) is 10.2 Å². The highest BCUT2D eigenvalue weighted by atomic mass is 35.5. The molecule has 0 N–H and O–H groups in total. The average Bonchev–Trinajstić information content (AvgIpc) is 3.14. The summed E-state index contributed by atoms with van der Waals surface area (Å²) in [4.78, 5) is 12.1. The van der Waals surface area contributed by atoms with Gasteiger partial charge in [0.15, 0.2) is 6.10 Å². The number of benzene rings is 2. The number of aromatic nitrogens is 2. The molecule has 6 nitrogen and oxygen atoms in total. The lowest BCUT2D eigenvalue weighted by molar-refractivity contribution is 0.0274. The van der Waals surface area contributed by atoms with Gasteiger partial charge in [-0.2, -0.15) is 0 Å². The molecule has 1 heterocycles. The van der Waals surface area contributed by atoms with Crippen molar-refractivity contribution in [3.8, 4) is 17.2 Å². The van der Waals surface area contributed by atoms with Crippen molar-refractivity contribution >= 4 is 17.6 Å². The molecular weight excluding hydrogens is 363 g/mol. The molecule has 1 atom stereocenters. The number of ether oxygens (including phenoxy) is 2. The molecule has 0 aliphatic heterocycles. The molecule has 1 aromatic heterocycles. The summed E-state index contributed by atoms with van der Waals surface area (Å²) in [7, 11) is 1.57. The van der Waals surface area contributed by atoms with Crippen LogP contribution >= 0.6 is 11.6 Å². The Morgan fingerprint density at radius 3 is 2.62 bits per heavy atom. The first kappa shape index (κ1) is 17.9. The van der Waals surface area contributed by atoms with E-state index in [1.165, 1.54) is 12.1 Å². The third-order valence-electron chi connectivity index (χ3n) is 3.56. The molecule has 0 amide bonds. The number of nitrogens with zero attached hydrogens (tertiary/aromatic N) is 2. The zero-order chi connectivity index (χ0) is 18.7. The van der Waals surface area contributed by atoms with Gasteiger partial charge in [0, 0.05) is 10.6 Å². The minimum absolute atomic E-state index is 0.0894.